The topological polar surface area (TPSA) is 86.4 Å². The molecule has 5 rings (SSSR count). The zero-order valence-corrected chi connectivity index (χ0v) is 18.2. The van der Waals surface area contributed by atoms with E-state index in [1.165, 1.54) is 10.9 Å². The Hall–Kier alpha value is -2.97. The predicted octanol–water partition coefficient (Wildman–Crippen LogP) is 3.73. The summed E-state index contributed by atoms with van der Waals surface area (Å²) in [6.07, 6.45) is 2.72. The van der Waals surface area contributed by atoms with Gasteiger partial charge in [0.15, 0.2) is 0 Å². The summed E-state index contributed by atoms with van der Waals surface area (Å²) in [5.41, 5.74) is 1.35. The van der Waals surface area contributed by atoms with Crippen molar-refractivity contribution in [1.82, 2.24) is 14.9 Å². The largest absolute Gasteiger partial charge is 0.448 e. The predicted molar refractivity (Wildman–Crippen MR) is 120 cm³/mol. The Morgan fingerprint density at radius 1 is 1.16 bits per heavy atom. The number of nitrogens with zero attached hydrogens (tertiary/aromatic N) is 2. The molecule has 1 fully saturated rings. The van der Waals surface area contributed by atoms with E-state index in [0.717, 1.165) is 15.4 Å². The molecule has 0 unspecified atom stereocenters. The first kappa shape index (κ1) is 20.0. The van der Waals surface area contributed by atoms with Crippen LogP contribution < -0.4 is 10.9 Å². The molecular formula is C23H20BrN3O4. The molecule has 1 saturated heterocycles. The lowest BCUT2D eigenvalue weighted by molar-refractivity contribution is -0.125. The third-order valence-electron chi connectivity index (χ3n) is 5.77. The number of carbonyl (C=O) groups excluding carboxylic acids is 1. The number of nitrogens with one attached hydrogen (secondary N) is 1. The van der Waals surface area contributed by atoms with Crippen molar-refractivity contribution in [2.75, 3.05) is 13.2 Å². The van der Waals surface area contributed by atoms with E-state index in [1.54, 1.807) is 6.07 Å². The number of para-hydroxylation sites is 1. The maximum atomic E-state index is 13.0. The number of amides is 1. The number of aromatic nitrogens is 2. The molecule has 1 aliphatic rings. The highest BCUT2D eigenvalue weighted by Gasteiger charge is 2.36. The summed E-state index contributed by atoms with van der Waals surface area (Å²) < 4.78 is 13.5. The second-order valence-corrected chi connectivity index (χ2v) is 8.62. The fourth-order valence-corrected chi connectivity index (χ4v) is 4.58. The zero-order chi connectivity index (χ0) is 21.4. The van der Waals surface area contributed by atoms with Gasteiger partial charge in [-0.15, -0.1) is 0 Å². The van der Waals surface area contributed by atoms with Gasteiger partial charge in [0, 0.05) is 23.1 Å². The van der Waals surface area contributed by atoms with Crippen molar-refractivity contribution in [1.29, 1.82) is 0 Å². The molecule has 2 aromatic heterocycles. The van der Waals surface area contributed by atoms with Crippen LogP contribution in [-0.2, 0) is 21.6 Å². The Balaban J connectivity index is 1.45. The van der Waals surface area contributed by atoms with E-state index in [4.69, 9.17) is 9.15 Å². The molecule has 31 heavy (non-hydrogen) atoms. The number of ether oxygens (including phenoxy) is 1. The summed E-state index contributed by atoms with van der Waals surface area (Å²) in [6.45, 7) is 0.966. The molecule has 0 aliphatic carbocycles. The Morgan fingerprint density at radius 2 is 1.97 bits per heavy atom. The first-order chi connectivity index (χ1) is 15.1. The van der Waals surface area contributed by atoms with E-state index < -0.39 is 5.54 Å². The van der Waals surface area contributed by atoms with E-state index in [2.05, 4.69) is 26.2 Å². The molecule has 7 nitrogen and oxygen atoms in total. The molecule has 1 N–H and O–H groups in total. The Bertz CT molecular complexity index is 1340. The van der Waals surface area contributed by atoms with E-state index in [-0.39, 0.29) is 23.6 Å². The number of carbonyl (C=O) groups is 1. The van der Waals surface area contributed by atoms with Gasteiger partial charge in [0.05, 0.1) is 11.9 Å². The van der Waals surface area contributed by atoms with Crippen molar-refractivity contribution in [3.8, 4) is 0 Å². The second kappa shape index (κ2) is 7.94. The van der Waals surface area contributed by atoms with Crippen LogP contribution in [0.15, 0.2) is 68.5 Å². The van der Waals surface area contributed by atoms with Gasteiger partial charge >= 0.3 is 0 Å². The first-order valence-electron chi connectivity index (χ1n) is 10.1. The molecular weight excluding hydrogens is 462 g/mol. The maximum absolute atomic E-state index is 13.0. The van der Waals surface area contributed by atoms with Gasteiger partial charge in [-0.2, -0.15) is 0 Å². The molecule has 1 aliphatic heterocycles. The molecule has 0 radical (unpaired) electrons. The number of halogens is 1. The van der Waals surface area contributed by atoms with Crippen molar-refractivity contribution in [2.24, 2.45) is 0 Å². The third kappa shape index (κ3) is 3.66. The summed E-state index contributed by atoms with van der Waals surface area (Å²) in [6, 6.07) is 15.3. The zero-order valence-electron chi connectivity index (χ0n) is 16.6. The monoisotopic (exact) mass is 481 g/mol. The highest BCUT2D eigenvalue weighted by molar-refractivity contribution is 9.10. The van der Waals surface area contributed by atoms with E-state index in [0.29, 0.717) is 37.2 Å². The molecule has 0 spiro atoms. The fraction of sp³-hybridized carbons (Fsp3) is 0.261. The van der Waals surface area contributed by atoms with Crippen molar-refractivity contribution in [3.63, 3.8) is 0 Å². The Labute approximate surface area is 186 Å². The van der Waals surface area contributed by atoms with Crippen molar-refractivity contribution >= 4 is 43.9 Å². The SMILES string of the molecule is O=C(Cn1cnc2c(oc3ccccc32)c1=O)NC1(c2cccc(Br)c2)CCOCC1. The summed E-state index contributed by atoms with van der Waals surface area (Å²) in [5.74, 6) is -0.263. The number of furan rings is 1. The van der Waals surface area contributed by atoms with Crippen LogP contribution in [0, 0.1) is 0 Å². The number of hydrogen-bond donors (Lipinski definition) is 1. The molecule has 158 valence electrons. The lowest BCUT2D eigenvalue weighted by Crippen LogP contribution is -2.50. The smallest absolute Gasteiger partial charge is 0.297 e. The number of benzene rings is 2. The number of fused-ring (bicyclic) bond motifs is 3. The minimum Gasteiger partial charge on any atom is -0.448 e. The Morgan fingerprint density at radius 3 is 2.77 bits per heavy atom. The number of rotatable bonds is 4. The molecule has 0 saturated carbocycles. The van der Waals surface area contributed by atoms with Crippen molar-refractivity contribution in [3.05, 3.63) is 75.2 Å². The van der Waals surface area contributed by atoms with Gasteiger partial charge in [0.25, 0.3) is 5.56 Å². The van der Waals surface area contributed by atoms with E-state index >= 15 is 0 Å². The van der Waals surface area contributed by atoms with Gasteiger partial charge < -0.3 is 14.5 Å². The summed E-state index contributed by atoms with van der Waals surface area (Å²) in [7, 11) is 0. The highest BCUT2D eigenvalue weighted by Crippen LogP contribution is 2.33. The number of hydrogen-bond acceptors (Lipinski definition) is 5. The second-order valence-electron chi connectivity index (χ2n) is 7.71. The maximum Gasteiger partial charge on any atom is 0.297 e. The minimum absolute atomic E-state index is 0.143. The standard InChI is InChI=1S/C23H20BrN3O4/c24-16-5-3-4-15(12-16)23(8-10-30-11-9-23)26-19(28)13-27-14-25-20-17-6-1-2-7-18(17)31-21(20)22(27)29/h1-7,12,14H,8-11,13H2,(H,26,28). The van der Waals surface area contributed by atoms with Gasteiger partial charge in [-0.25, -0.2) is 4.98 Å². The third-order valence-corrected chi connectivity index (χ3v) is 6.26. The summed E-state index contributed by atoms with van der Waals surface area (Å²) in [5, 5.41) is 3.95. The first-order valence-corrected chi connectivity index (χ1v) is 10.9. The van der Waals surface area contributed by atoms with Crippen LogP contribution in [0.2, 0.25) is 0 Å². The minimum atomic E-state index is -0.542. The van der Waals surface area contributed by atoms with Gasteiger partial charge in [-0.1, -0.05) is 40.2 Å². The van der Waals surface area contributed by atoms with Crippen LogP contribution in [-0.4, -0.2) is 28.7 Å². The van der Waals surface area contributed by atoms with Gasteiger partial charge in [-0.05, 0) is 42.7 Å². The fourth-order valence-electron chi connectivity index (χ4n) is 4.18. The van der Waals surface area contributed by atoms with Gasteiger partial charge in [-0.3, -0.25) is 14.2 Å². The molecule has 2 aromatic carbocycles. The van der Waals surface area contributed by atoms with Crippen LogP contribution >= 0.6 is 15.9 Å². The van der Waals surface area contributed by atoms with Crippen LogP contribution in [0.5, 0.6) is 0 Å². The molecule has 1 amide bonds. The highest BCUT2D eigenvalue weighted by atomic mass is 79.9. The average molecular weight is 482 g/mol. The molecule has 3 heterocycles. The van der Waals surface area contributed by atoms with Crippen molar-refractivity contribution in [2.45, 2.75) is 24.9 Å². The Kier molecular flexibility index (Phi) is 5.11. The summed E-state index contributed by atoms with van der Waals surface area (Å²) in [4.78, 5) is 30.3. The molecule has 8 heteroatoms. The van der Waals surface area contributed by atoms with Crippen LogP contribution in [0.3, 0.4) is 0 Å². The summed E-state index contributed by atoms with van der Waals surface area (Å²) >= 11 is 3.51. The van der Waals surface area contributed by atoms with Crippen LogP contribution in [0.4, 0.5) is 0 Å². The average Bonchev–Trinajstić information content (AvgIpc) is 3.16. The van der Waals surface area contributed by atoms with Gasteiger partial charge in [0.2, 0.25) is 11.5 Å². The van der Waals surface area contributed by atoms with E-state index in [1.807, 2.05) is 42.5 Å². The lowest BCUT2D eigenvalue weighted by atomic mass is 9.82. The quantitative estimate of drug-likeness (QED) is 0.479. The van der Waals surface area contributed by atoms with Gasteiger partial charge in [0.1, 0.15) is 17.6 Å². The lowest BCUT2D eigenvalue weighted by Gasteiger charge is -2.38. The van der Waals surface area contributed by atoms with Crippen LogP contribution in [0.25, 0.3) is 22.1 Å². The normalized spacial score (nSPS) is 15.9. The van der Waals surface area contributed by atoms with Crippen molar-refractivity contribution < 1.29 is 13.9 Å². The molecule has 0 bridgehead atoms. The van der Waals surface area contributed by atoms with Crippen LogP contribution in [0.1, 0.15) is 18.4 Å². The molecule has 0 atom stereocenters. The molecule has 4 aromatic rings. The van der Waals surface area contributed by atoms with E-state index in [9.17, 15) is 9.59 Å².